The lowest BCUT2D eigenvalue weighted by Crippen LogP contribution is -2.47. The van der Waals surface area contributed by atoms with Gasteiger partial charge in [0, 0.05) is 5.56 Å². The van der Waals surface area contributed by atoms with Crippen molar-refractivity contribution in [3.63, 3.8) is 0 Å². The summed E-state index contributed by atoms with van der Waals surface area (Å²) in [5.41, 5.74) is 0.559. The number of aliphatic hydroxyl groups is 1. The lowest BCUT2D eigenvalue weighted by Gasteiger charge is -2.17. The molecule has 0 unspecified atom stereocenters. The highest BCUT2D eigenvalue weighted by Crippen LogP contribution is 2.09. The van der Waals surface area contributed by atoms with Gasteiger partial charge in [0.05, 0.1) is 6.10 Å². The summed E-state index contributed by atoms with van der Waals surface area (Å²) in [6, 6.07) is 2.25. The Bertz CT molecular complexity index is 453. The summed E-state index contributed by atoms with van der Waals surface area (Å²) in [6.07, 6.45) is -1.25. The Morgan fingerprint density at radius 2 is 1.94 bits per heavy atom. The summed E-state index contributed by atoms with van der Waals surface area (Å²) in [5, 5.41) is 20.1. The van der Waals surface area contributed by atoms with E-state index in [4.69, 9.17) is 5.11 Å². The number of benzene rings is 1. The van der Waals surface area contributed by atoms with Crippen molar-refractivity contribution < 1.29 is 24.2 Å². The molecule has 2 atom stereocenters. The number of carbonyl (C=O) groups excluding carboxylic acids is 1. The Kier molecular flexibility index (Phi) is 4.38. The molecule has 0 aromatic heterocycles. The van der Waals surface area contributed by atoms with E-state index in [-0.39, 0.29) is 5.56 Å². The number of carboxylic acid groups (broad SMARTS) is 1. The minimum absolute atomic E-state index is 0.0133. The molecule has 0 bridgehead atoms. The van der Waals surface area contributed by atoms with Gasteiger partial charge in [-0.25, -0.2) is 9.18 Å². The summed E-state index contributed by atoms with van der Waals surface area (Å²) in [6.45, 7) is 2.86. The van der Waals surface area contributed by atoms with Gasteiger partial charge in [-0.1, -0.05) is 0 Å². The predicted molar refractivity (Wildman–Crippen MR) is 61.7 cm³/mol. The third kappa shape index (κ3) is 3.53. The van der Waals surface area contributed by atoms with Gasteiger partial charge in [-0.2, -0.15) is 0 Å². The third-order valence-electron chi connectivity index (χ3n) is 2.34. The maximum absolute atomic E-state index is 13.1. The number of nitrogens with one attached hydrogen (secondary N) is 1. The van der Waals surface area contributed by atoms with E-state index in [1.165, 1.54) is 19.1 Å². The molecule has 5 nitrogen and oxygen atoms in total. The van der Waals surface area contributed by atoms with E-state index in [0.29, 0.717) is 5.56 Å². The van der Waals surface area contributed by atoms with E-state index in [1.54, 1.807) is 6.92 Å². The molecule has 0 radical (unpaired) electrons. The lowest BCUT2D eigenvalue weighted by atomic mass is 10.1. The van der Waals surface area contributed by atoms with Crippen molar-refractivity contribution in [3.8, 4) is 0 Å². The number of aliphatic carboxylic acids is 1. The summed E-state index contributed by atoms with van der Waals surface area (Å²) < 4.78 is 13.1. The normalized spacial score (nSPS) is 13.8. The molecule has 1 aromatic carbocycles. The number of hydrogen-bond acceptors (Lipinski definition) is 3. The monoisotopic (exact) mass is 255 g/mol. The SMILES string of the molecule is Cc1cc(F)cc(C(=O)N[C@H](C(=O)O)[C@@H](C)O)c1. The van der Waals surface area contributed by atoms with E-state index in [1.807, 2.05) is 0 Å². The fraction of sp³-hybridized carbons (Fsp3) is 0.333. The van der Waals surface area contributed by atoms with Crippen molar-refractivity contribution in [2.75, 3.05) is 0 Å². The maximum atomic E-state index is 13.1. The number of halogens is 1. The fourth-order valence-electron chi connectivity index (χ4n) is 1.48. The third-order valence-corrected chi connectivity index (χ3v) is 2.34. The van der Waals surface area contributed by atoms with Gasteiger partial charge in [-0.15, -0.1) is 0 Å². The van der Waals surface area contributed by atoms with Gasteiger partial charge in [0.1, 0.15) is 5.82 Å². The average molecular weight is 255 g/mol. The molecule has 1 rings (SSSR count). The van der Waals surface area contributed by atoms with E-state index >= 15 is 0 Å². The Hall–Kier alpha value is -1.95. The van der Waals surface area contributed by atoms with Crippen LogP contribution in [-0.4, -0.2) is 34.2 Å². The molecule has 1 amide bonds. The lowest BCUT2D eigenvalue weighted by molar-refractivity contribution is -0.141. The van der Waals surface area contributed by atoms with Crippen LogP contribution in [0.4, 0.5) is 4.39 Å². The first-order valence-corrected chi connectivity index (χ1v) is 5.30. The summed E-state index contributed by atoms with van der Waals surface area (Å²) in [4.78, 5) is 22.5. The molecule has 0 aliphatic rings. The second-order valence-electron chi connectivity index (χ2n) is 4.05. The van der Waals surface area contributed by atoms with Gasteiger partial charge in [-0.05, 0) is 37.6 Å². The van der Waals surface area contributed by atoms with Crippen molar-refractivity contribution in [1.29, 1.82) is 0 Å². The zero-order valence-corrected chi connectivity index (χ0v) is 9.98. The largest absolute Gasteiger partial charge is 0.480 e. The number of aryl methyl sites for hydroxylation is 1. The molecule has 0 saturated heterocycles. The minimum Gasteiger partial charge on any atom is -0.480 e. The fourth-order valence-corrected chi connectivity index (χ4v) is 1.48. The van der Waals surface area contributed by atoms with Crippen LogP contribution in [0.2, 0.25) is 0 Å². The molecule has 6 heteroatoms. The van der Waals surface area contributed by atoms with Crippen LogP contribution in [0.25, 0.3) is 0 Å². The highest BCUT2D eigenvalue weighted by Gasteiger charge is 2.25. The standard InChI is InChI=1S/C12H14FNO4/c1-6-3-8(5-9(13)4-6)11(16)14-10(7(2)15)12(17)18/h3-5,7,10,15H,1-2H3,(H,14,16)(H,17,18)/t7-,10+/m1/s1. The predicted octanol–water partition coefficient (Wildman–Crippen LogP) is 0.698. The number of carbonyl (C=O) groups is 2. The van der Waals surface area contributed by atoms with Crippen molar-refractivity contribution >= 4 is 11.9 Å². The van der Waals surface area contributed by atoms with Crippen molar-refractivity contribution in [1.82, 2.24) is 5.32 Å². The molecule has 18 heavy (non-hydrogen) atoms. The highest BCUT2D eigenvalue weighted by molar-refractivity contribution is 5.96. The van der Waals surface area contributed by atoms with E-state index in [0.717, 1.165) is 6.07 Å². The zero-order valence-electron chi connectivity index (χ0n) is 9.98. The topological polar surface area (TPSA) is 86.6 Å². The van der Waals surface area contributed by atoms with Gasteiger partial charge < -0.3 is 15.5 Å². The van der Waals surface area contributed by atoms with E-state index in [2.05, 4.69) is 5.32 Å². The molecule has 0 aliphatic heterocycles. The highest BCUT2D eigenvalue weighted by atomic mass is 19.1. The number of hydrogen-bond donors (Lipinski definition) is 3. The Labute approximate surface area is 103 Å². The Balaban J connectivity index is 2.90. The first-order valence-electron chi connectivity index (χ1n) is 5.30. The number of aliphatic hydroxyl groups excluding tert-OH is 1. The Morgan fingerprint density at radius 1 is 1.33 bits per heavy atom. The van der Waals surface area contributed by atoms with Crippen LogP contribution in [0.15, 0.2) is 18.2 Å². The minimum atomic E-state index is -1.43. The second-order valence-corrected chi connectivity index (χ2v) is 4.05. The molecule has 0 fully saturated rings. The molecule has 98 valence electrons. The van der Waals surface area contributed by atoms with Crippen LogP contribution in [-0.2, 0) is 4.79 Å². The van der Waals surface area contributed by atoms with Crippen LogP contribution >= 0.6 is 0 Å². The molecule has 3 N–H and O–H groups in total. The Morgan fingerprint density at radius 3 is 2.39 bits per heavy atom. The quantitative estimate of drug-likeness (QED) is 0.739. The van der Waals surface area contributed by atoms with Crippen LogP contribution in [0.3, 0.4) is 0 Å². The molecular weight excluding hydrogens is 241 g/mol. The summed E-state index contributed by atoms with van der Waals surface area (Å²) >= 11 is 0. The van der Waals surface area contributed by atoms with Gasteiger partial charge in [-0.3, -0.25) is 4.79 Å². The zero-order chi connectivity index (χ0) is 13.9. The first kappa shape index (κ1) is 14.1. The van der Waals surface area contributed by atoms with Crippen LogP contribution in [0.1, 0.15) is 22.8 Å². The first-order chi connectivity index (χ1) is 8.31. The number of amides is 1. The molecule has 0 heterocycles. The smallest absolute Gasteiger partial charge is 0.328 e. The molecular formula is C12H14FNO4. The number of rotatable bonds is 4. The van der Waals surface area contributed by atoms with Gasteiger partial charge in [0.15, 0.2) is 6.04 Å². The van der Waals surface area contributed by atoms with Gasteiger partial charge in [0.25, 0.3) is 5.91 Å². The summed E-state index contributed by atoms with van der Waals surface area (Å²) in [5.74, 6) is -2.68. The maximum Gasteiger partial charge on any atom is 0.328 e. The van der Waals surface area contributed by atoms with Crippen molar-refractivity contribution in [3.05, 3.63) is 35.1 Å². The van der Waals surface area contributed by atoms with Gasteiger partial charge in [0.2, 0.25) is 0 Å². The van der Waals surface area contributed by atoms with Gasteiger partial charge >= 0.3 is 5.97 Å². The van der Waals surface area contributed by atoms with E-state index in [9.17, 15) is 19.1 Å². The average Bonchev–Trinajstić information content (AvgIpc) is 2.23. The van der Waals surface area contributed by atoms with E-state index < -0.39 is 29.8 Å². The second kappa shape index (κ2) is 5.59. The molecule has 1 aromatic rings. The van der Waals surface area contributed by atoms with Crippen molar-refractivity contribution in [2.24, 2.45) is 0 Å². The van der Waals surface area contributed by atoms with Crippen molar-refractivity contribution in [2.45, 2.75) is 26.0 Å². The van der Waals surface area contributed by atoms with Crippen LogP contribution < -0.4 is 5.32 Å². The van der Waals surface area contributed by atoms with Crippen LogP contribution in [0.5, 0.6) is 0 Å². The number of carboxylic acids is 1. The molecule has 0 spiro atoms. The molecule has 0 aliphatic carbocycles. The van der Waals surface area contributed by atoms with Crippen LogP contribution in [0, 0.1) is 12.7 Å². The summed E-state index contributed by atoms with van der Waals surface area (Å²) in [7, 11) is 0. The molecule has 0 saturated carbocycles.